The number of hydrogen-bond donors (Lipinski definition) is 1. The van der Waals surface area contributed by atoms with E-state index in [1.165, 1.54) is 19.4 Å². The van der Waals surface area contributed by atoms with E-state index >= 15 is 0 Å². The summed E-state index contributed by atoms with van der Waals surface area (Å²) in [5.74, 6) is 0.820. The molecule has 0 radical (unpaired) electrons. The van der Waals surface area contributed by atoms with E-state index < -0.39 is 0 Å². The minimum atomic E-state index is 0.0973. The van der Waals surface area contributed by atoms with Gasteiger partial charge in [-0.25, -0.2) is 0 Å². The number of aliphatic hydroxyl groups excluding tert-OH is 1. The largest absolute Gasteiger partial charge is 0.396 e. The molecule has 2 nitrogen and oxygen atoms in total. The molecule has 0 saturated carbocycles. The zero-order chi connectivity index (χ0) is 12.2. The SMILES string of the molecule is CCCC(C)(CO)CN1CC(C)CCC1C. The van der Waals surface area contributed by atoms with E-state index in [1.807, 2.05) is 0 Å². The third-order valence-electron chi connectivity index (χ3n) is 4.07. The van der Waals surface area contributed by atoms with Gasteiger partial charge < -0.3 is 5.11 Å². The third kappa shape index (κ3) is 3.74. The molecule has 0 bridgehead atoms. The van der Waals surface area contributed by atoms with E-state index in [0.29, 0.717) is 12.6 Å². The van der Waals surface area contributed by atoms with E-state index in [0.717, 1.165) is 25.3 Å². The maximum Gasteiger partial charge on any atom is 0.0497 e. The first-order valence-corrected chi connectivity index (χ1v) is 6.85. The van der Waals surface area contributed by atoms with Crippen molar-refractivity contribution < 1.29 is 5.11 Å². The van der Waals surface area contributed by atoms with Gasteiger partial charge in [-0.3, -0.25) is 4.90 Å². The van der Waals surface area contributed by atoms with Crippen LogP contribution in [0.4, 0.5) is 0 Å². The van der Waals surface area contributed by atoms with Crippen molar-refractivity contribution >= 4 is 0 Å². The molecule has 16 heavy (non-hydrogen) atoms. The van der Waals surface area contributed by atoms with Gasteiger partial charge in [0.05, 0.1) is 0 Å². The first kappa shape index (κ1) is 14.0. The number of hydrogen-bond acceptors (Lipinski definition) is 2. The van der Waals surface area contributed by atoms with E-state index in [-0.39, 0.29) is 5.41 Å². The highest BCUT2D eigenvalue weighted by molar-refractivity contribution is 4.84. The van der Waals surface area contributed by atoms with Crippen LogP contribution in [0.3, 0.4) is 0 Å². The predicted molar refractivity (Wildman–Crippen MR) is 69.5 cm³/mol. The standard InChI is InChI=1S/C14H29NO/c1-5-8-14(4,11-16)10-15-9-12(2)6-7-13(15)3/h12-13,16H,5-11H2,1-4H3. The zero-order valence-electron chi connectivity index (χ0n) is 11.5. The molecule has 1 N–H and O–H groups in total. The fraction of sp³-hybridized carbons (Fsp3) is 1.00. The van der Waals surface area contributed by atoms with Gasteiger partial charge in [0.25, 0.3) is 0 Å². The van der Waals surface area contributed by atoms with Gasteiger partial charge >= 0.3 is 0 Å². The van der Waals surface area contributed by atoms with Crippen LogP contribution < -0.4 is 0 Å². The fourth-order valence-electron chi connectivity index (χ4n) is 2.90. The van der Waals surface area contributed by atoms with Crippen molar-refractivity contribution in [2.75, 3.05) is 19.7 Å². The Balaban J connectivity index is 2.55. The number of piperidine rings is 1. The summed E-state index contributed by atoms with van der Waals surface area (Å²) in [5, 5.41) is 9.57. The first-order chi connectivity index (χ1) is 7.50. The van der Waals surface area contributed by atoms with Crippen molar-refractivity contribution in [2.45, 2.75) is 59.4 Å². The topological polar surface area (TPSA) is 23.5 Å². The Kier molecular flexibility index (Phi) is 5.26. The number of likely N-dealkylation sites (tertiary alicyclic amines) is 1. The van der Waals surface area contributed by atoms with Crippen LogP contribution in [0.15, 0.2) is 0 Å². The zero-order valence-corrected chi connectivity index (χ0v) is 11.5. The molecule has 0 spiro atoms. The minimum Gasteiger partial charge on any atom is -0.396 e. The molecule has 0 aromatic carbocycles. The van der Waals surface area contributed by atoms with Crippen LogP contribution in [0.25, 0.3) is 0 Å². The Hall–Kier alpha value is -0.0800. The molecule has 0 aromatic rings. The lowest BCUT2D eigenvalue weighted by molar-refractivity contribution is 0.0356. The molecule has 3 atom stereocenters. The number of rotatable bonds is 5. The summed E-state index contributed by atoms with van der Waals surface area (Å²) >= 11 is 0. The minimum absolute atomic E-state index is 0.0973. The van der Waals surface area contributed by atoms with E-state index in [4.69, 9.17) is 0 Å². The van der Waals surface area contributed by atoms with Gasteiger partial charge in [-0.05, 0) is 32.1 Å². The second-order valence-corrected chi connectivity index (χ2v) is 6.18. The average Bonchev–Trinajstić information content (AvgIpc) is 2.24. The van der Waals surface area contributed by atoms with Crippen LogP contribution in [0, 0.1) is 11.3 Å². The summed E-state index contributed by atoms with van der Waals surface area (Å²) < 4.78 is 0. The first-order valence-electron chi connectivity index (χ1n) is 6.85. The Morgan fingerprint density at radius 1 is 1.31 bits per heavy atom. The lowest BCUT2D eigenvalue weighted by atomic mass is 9.84. The highest BCUT2D eigenvalue weighted by Crippen LogP contribution is 2.29. The van der Waals surface area contributed by atoms with E-state index in [9.17, 15) is 5.11 Å². The molecule has 0 aliphatic carbocycles. The fourth-order valence-corrected chi connectivity index (χ4v) is 2.90. The van der Waals surface area contributed by atoms with E-state index in [1.54, 1.807) is 0 Å². The number of aliphatic hydroxyl groups is 1. The third-order valence-corrected chi connectivity index (χ3v) is 4.07. The van der Waals surface area contributed by atoms with Crippen molar-refractivity contribution in [3.05, 3.63) is 0 Å². The van der Waals surface area contributed by atoms with Gasteiger partial charge in [-0.15, -0.1) is 0 Å². The summed E-state index contributed by atoms with van der Waals surface area (Å²) in [6.45, 7) is 11.7. The lowest BCUT2D eigenvalue weighted by Gasteiger charge is -2.42. The summed E-state index contributed by atoms with van der Waals surface area (Å²) in [6, 6.07) is 0.693. The second kappa shape index (κ2) is 6.02. The molecule has 1 saturated heterocycles. The molecule has 0 amide bonds. The van der Waals surface area contributed by atoms with Crippen molar-refractivity contribution in [3.8, 4) is 0 Å². The maximum atomic E-state index is 9.57. The van der Waals surface area contributed by atoms with Gasteiger partial charge in [-0.1, -0.05) is 27.2 Å². The summed E-state index contributed by atoms with van der Waals surface area (Å²) in [4.78, 5) is 2.58. The molecule has 2 heteroatoms. The Morgan fingerprint density at radius 2 is 2.00 bits per heavy atom. The predicted octanol–water partition coefficient (Wildman–Crippen LogP) is 2.91. The second-order valence-electron chi connectivity index (χ2n) is 6.18. The molecule has 0 aromatic heterocycles. The Morgan fingerprint density at radius 3 is 2.56 bits per heavy atom. The van der Waals surface area contributed by atoms with Gasteiger partial charge in [0, 0.05) is 31.2 Å². The molecule has 1 fully saturated rings. The van der Waals surface area contributed by atoms with Gasteiger partial charge in [0.1, 0.15) is 0 Å². The molecule has 96 valence electrons. The molecule has 1 rings (SSSR count). The summed E-state index contributed by atoms with van der Waals surface area (Å²) in [7, 11) is 0. The number of nitrogens with zero attached hydrogens (tertiary/aromatic N) is 1. The van der Waals surface area contributed by atoms with Crippen LogP contribution in [0.2, 0.25) is 0 Å². The van der Waals surface area contributed by atoms with Gasteiger partial charge in [-0.2, -0.15) is 0 Å². The smallest absolute Gasteiger partial charge is 0.0497 e. The van der Waals surface area contributed by atoms with Crippen LogP contribution in [0.1, 0.15) is 53.4 Å². The van der Waals surface area contributed by atoms with Crippen molar-refractivity contribution in [1.82, 2.24) is 4.90 Å². The molecular formula is C14H29NO. The normalized spacial score (nSPS) is 31.3. The summed E-state index contributed by atoms with van der Waals surface area (Å²) in [5.41, 5.74) is 0.0973. The van der Waals surface area contributed by atoms with Gasteiger partial charge in [0.2, 0.25) is 0 Å². The highest BCUT2D eigenvalue weighted by atomic mass is 16.3. The molecular weight excluding hydrogens is 198 g/mol. The average molecular weight is 227 g/mol. The highest BCUT2D eigenvalue weighted by Gasteiger charge is 2.30. The van der Waals surface area contributed by atoms with Crippen LogP contribution in [0.5, 0.6) is 0 Å². The van der Waals surface area contributed by atoms with Crippen LogP contribution >= 0.6 is 0 Å². The molecule has 1 aliphatic rings. The Labute approximate surface area is 101 Å². The van der Waals surface area contributed by atoms with Gasteiger partial charge in [0.15, 0.2) is 0 Å². The lowest BCUT2D eigenvalue weighted by Crippen LogP contribution is -2.47. The van der Waals surface area contributed by atoms with Crippen molar-refractivity contribution in [3.63, 3.8) is 0 Å². The molecule has 3 unspecified atom stereocenters. The molecule has 1 heterocycles. The quantitative estimate of drug-likeness (QED) is 0.780. The summed E-state index contributed by atoms with van der Waals surface area (Å²) in [6.07, 6.45) is 4.96. The maximum absolute atomic E-state index is 9.57. The van der Waals surface area contributed by atoms with Crippen molar-refractivity contribution in [2.24, 2.45) is 11.3 Å². The van der Waals surface area contributed by atoms with E-state index in [2.05, 4.69) is 32.6 Å². The Bertz CT molecular complexity index is 207. The van der Waals surface area contributed by atoms with Crippen molar-refractivity contribution in [1.29, 1.82) is 0 Å². The molecule has 1 aliphatic heterocycles. The monoisotopic (exact) mass is 227 g/mol. The van der Waals surface area contributed by atoms with Crippen LogP contribution in [-0.2, 0) is 0 Å². The van der Waals surface area contributed by atoms with Crippen LogP contribution in [-0.4, -0.2) is 35.7 Å².